The Kier molecular flexibility index (Phi) is 20.9. The quantitative estimate of drug-likeness (QED) is 0.111. The molecule has 2 rings (SSSR count). The Morgan fingerprint density at radius 2 is 1.53 bits per heavy atom. The Hall–Kier alpha value is -3.64. The van der Waals surface area contributed by atoms with Crippen LogP contribution in [-0.4, -0.2) is 154 Å². The molecule has 0 bridgehead atoms. The van der Waals surface area contributed by atoms with Gasteiger partial charge >= 0.3 is 0 Å². The number of ether oxygens (including phenoxy) is 2. The molecule has 1 heterocycles. The molecule has 1 saturated heterocycles. The van der Waals surface area contributed by atoms with Crippen LogP contribution in [0.1, 0.15) is 79.7 Å². The van der Waals surface area contributed by atoms with Crippen molar-refractivity contribution in [2.45, 2.75) is 123 Å². The molecule has 1 fully saturated rings. The molecule has 0 spiro atoms. The van der Waals surface area contributed by atoms with Crippen LogP contribution in [0.25, 0.3) is 0 Å². The molecule has 336 valence electrons. The molecule has 17 heteroatoms. The van der Waals surface area contributed by atoms with E-state index in [4.69, 9.17) is 14.0 Å². The van der Waals surface area contributed by atoms with E-state index >= 15 is 0 Å². The third-order valence-corrected chi connectivity index (χ3v) is 12.2. The summed E-state index contributed by atoms with van der Waals surface area (Å²) in [5, 5.41) is 8.30. The maximum Gasteiger partial charge on any atom is 0.266 e. The predicted octanol–water partition coefficient (Wildman–Crippen LogP) is 2.37. The Bertz CT molecular complexity index is 1620. The number of carbonyl (C=O) groups excluding carboxylic acids is 5. The normalized spacial score (nSPS) is 18.7. The summed E-state index contributed by atoms with van der Waals surface area (Å²) in [5.74, 6) is -3.61. The highest BCUT2D eigenvalue weighted by Crippen LogP contribution is 2.30. The Balaban J connectivity index is 2.31. The van der Waals surface area contributed by atoms with Crippen LogP contribution in [-0.2, 0) is 50.0 Å². The number of benzene rings is 1. The van der Waals surface area contributed by atoms with Gasteiger partial charge in [-0.3, -0.25) is 33.4 Å². The molecule has 5 amide bonds. The molecule has 1 aromatic carbocycles. The number of hydrogen-bond donors (Lipinski definition) is 4. The molecule has 16 nitrogen and oxygen atoms in total. The minimum absolute atomic E-state index is 0.0164. The van der Waals surface area contributed by atoms with Crippen LogP contribution in [0.4, 0.5) is 0 Å². The van der Waals surface area contributed by atoms with Crippen molar-refractivity contribution in [3.63, 3.8) is 0 Å². The highest BCUT2D eigenvalue weighted by molar-refractivity contribution is 7.85. The number of carbonyl (C=O) groups is 5. The molecule has 0 radical (unpaired) electrons. The second-order valence-corrected chi connectivity index (χ2v) is 18.4. The molecule has 1 aliphatic heterocycles. The zero-order valence-electron chi connectivity index (χ0n) is 37.3. The highest BCUT2D eigenvalue weighted by Gasteiger charge is 2.43. The van der Waals surface area contributed by atoms with Gasteiger partial charge in [0.05, 0.1) is 48.4 Å². The summed E-state index contributed by atoms with van der Waals surface area (Å²) in [5.41, 5.74) is 0.760. The Morgan fingerprint density at radius 3 is 2.03 bits per heavy atom. The SMILES string of the molecule is CCC(C)C(C(CC(=O)N1CCCC1C(OC)C(C)C(=O)NC(Cc1ccccc1)C(=O)NCCS(=O)(=O)O)OC)N(C)C(=O)[C@@H](NC(=O)C(C(C)C)N(C)C)C(C)C. The molecule has 59 heavy (non-hydrogen) atoms. The van der Waals surface area contributed by atoms with Crippen molar-refractivity contribution in [3.8, 4) is 0 Å². The van der Waals surface area contributed by atoms with Gasteiger partial charge < -0.3 is 35.2 Å². The summed E-state index contributed by atoms with van der Waals surface area (Å²) in [4.78, 5) is 74.3. The number of methoxy groups -OCH3 is 2. The third kappa shape index (κ3) is 15.1. The number of likely N-dealkylation sites (N-methyl/N-ethyl adjacent to an activating group) is 2. The summed E-state index contributed by atoms with van der Waals surface area (Å²) < 4.78 is 43.6. The minimum atomic E-state index is -4.32. The van der Waals surface area contributed by atoms with Crippen LogP contribution in [0.5, 0.6) is 0 Å². The number of nitrogens with one attached hydrogen (secondary N) is 3. The Labute approximate surface area is 352 Å². The lowest BCUT2D eigenvalue weighted by Crippen LogP contribution is -2.59. The topological polar surface area (TPSA) is 204 Å². The van der Waals surface area contributed by atoms with Crippen molar-refractivity contribution in [2.24, 2.45) is 23.7 Å². The molecular weight excluding hydrogens is 781 g/mol. The van der Waals surface area contributed by atoms with Gasteiger partial charge in [-0.25, -0.2) is 0 Å². The second-order valence-electron chi connectivity index (χ2n) is 16.8. The van der Waals surface area contributed by atoms with Crippen molar-refractivity contribution < 1.29 is 46.4 Å². The van der Waals surface area contributed by atoms with Crippen LogP contribution >= 0.6 is 0 Å². The van der Waals surface area contributed by atoms with Gasteiger partial charge in [0.15, 0.2) is 0 Å². The molecule has 9 atom stereocenters. The average molecular weight is 853 g/mol. The molecular formula is C42H72N6O10S. The standard InChI is InChI=1S/C42H72N6O10S/c1-13-28(6)37(47(10)42(53)35(26(2)3)45-41(52)36(27(4)5)46(8)9)33(57-11)25-34(49)48-22-17-20-32(48)38(58-12)29(7)39(50)44-31(24-30-18-15-14-16-19-30)40(51)43-21-23-59(54,55)56/h14-16,18-19,26-29,31-33,35-38H,13,17,20-25H2,1-12H3,(H,43,51)(H,44,50)(H,45,52)(H,54,55,56)/t28?,29?,31?,32?,33?,35-,36?,37?,38?/m0/s1. The summed E-state index contributed by atoms with van der Waals surface area (Å²) in [6, 6.07) is 5.73. The van der Waals surface area contributed by atoms with Gasteiger partial charge in [-0.1, -0.05) is 85.2 Å². The lowest BCUT2D eigenvalue weighted by atomic mass is 9.89. The van der Waals surface area contributed by atoms with E-state index in [-0.39, 0.29) is 54.9 Å². The zero-order valence-corrected chi connectivity index (χ0v) is 38.1. The highest BCUT2D eigenvalue weighted by atomic mass is 32.2. The van der Waals surface area contributed by atoms with Crippen LogP contribution in [0.2, 0.25) is 0 Å². The first-order valence-electron chi connectivity index (χ1n) is 20.8. The molecule has 1 aromatic rings. The largest absolute Gasteiger partial charge is 0.379 e. The number of likely N-dealkylation sites (tertiary alicyclic amines) is 1. The number of nitrogens with zero attached hydrogens (tertiary/aromatic N) is 3. The van der Waals surface area contributed by atoms with E-state index in [1.165, 1.54) is 14.2 Å². The smallest absolute Gasteiger partial charge is 0.266 e. The first kappa shape index (κ1) is 51.5. The fourth-order valence-electron chi connectivity index (χ4n) is 8.20. The van der Waals surface area contributed by atoms with Gasteiger partial charge in [0.2, 0.25) is 29.5 Å². The van der Waals surface area contributed by atoms with E-state index in [1.54, 1.807) is 48.0 Å². The summed E-state index contributed by atoms with van der Waals surface area (Å²) in [7, 11) is 4.05. The van der Waals surface area contributed by atoms with E-state index in [0.717, 1.165) is 5.56 Å². The molecule has 8 unspecified atom stereocenters. The first-order valence-corrected chi connectivity index (χ1v) is 22.4. The molecule has 1 aliphatic rings. The maximum atomic E-state index is 14.3. The fourth-order valence-corrected chi connectivity index (χ4v) is 8.56. The second kappa shape index (κ2) is 24.0. The van der Waals surface area contributed by atoms with Crippen molar-refractivity contribution in [2.75, 3.05) is 54.2 Å². The number of hydrogen-bond acceptors (Lipinski definition) is 10. The van der Waals surface area contributed by atoms with E-state index in [1.807, 2.05) is 66.6 Å². The summed E-state index contributed by atoms with van der Waals surface area (Å²) in [6.07, 6.45) is 0.561. The van der Waals surface area contributed by atoms with E-state index < -0.39 is 76.0 Å². The zero-order chi connectivity index (χ0) is 44.8. The predicted molar refractivity (Wildman–Crippen MR) is 227 cm³/mol. The van der Waals surface area contributed by atoms with E-state index in [0.29, 0.717) is 25.8 Å². The van der Waals surface area contributed by atoms with Gasteiger partial charge in [0.25, 0.3) is 10.1 Å². The van der Waals surface area contributed by atoms with E-state index in [2.05, 4.69) is 16.0 Å². The van der Waals surface area contributed by atoms with Crippen molar-refractivity contribution >= 4 is 39.7 Å². The minimum Gasteiger partial charge on any atom is -0.379 e. The summed E-state index contributed by atoms with van der Waals surface area (Å²) >= 11 is 0. The van der Waals surface area contributed by atoms with Crippen molar-refractivity contribution in [1.29, 1.82) is 0 Å². The van der Waals surface area contributed by atoms with Crippen LogP contribution in [0.3, 0.4) is 0 Å². The van der Waals surface area contributed by atoms with Crippen molar-refractivity contribution in [1.82, 2.24) is 30.7 Å². The molecule has 4 N–H and O–H groups in total. The summed E-state index contributed by atoms with van der Waals surface area (Å²) in [6.45, 7) is 13.5. The molecule has 0 saturated carbocycles. The van der Waals surface area contributed by atoms with Crippen LogP contribution in [0, 0.1) is 23.7 Å². The average Bonchev–Trinajstić information content (AvgIpc) is 3.65. The maximum absolute atomic E-state index is 14.3. The lowest BCUT2D eigenvalue weighted by molar-refractivity contribution is -0.148. The number of rotatable bonds is 24. The monoisotopic (exact) mass is 853 g/mol. The van der Waals surface area contributed by atoms with Crippen molar-refractivity contribution in [3.05, 3.63) is 35.9 Å². The molecule has 0 aromatic heterocycles. The van der Waals surface area contributed by atoms with Gasteiger partial charge in [0.1, 0.15) is 12.1 Å². The van der Waals surface area contributed by atoms with Gasteiger partial charge in [-0.2, -0.15) is 8.42 Å². The molecule has 0 aliphatic carbocycles. The van der Waals surface area contributed by atoms with Gasteiger partial charge in [0, 0.05) is 40.8 Å². The van der Waals surface area contributed by atoms with Gasteiger partial charge in [-0.15, -0.1) is 0 Å². The first-order chi connectivity index (χ1) is 27.6. The third-order valence-electron chi connectivity index (χ3n) is 11.5. The van der Waals surface area contributed by atoms with Gasteiger partial charge in [-0.05, 0) is 50.3 Å². The Morgan fingerprint density at radius 1 is 0.898 bits per heavy atom. The number of amides is 5. The fraction of sp³-hybridized carbons (Fsp3) is 0.738. The van der Waals surface area contributed by atoms with Crippen LogP contribution < -0.4 is 16.0 Å². The van der Waals surface area contributed by atoms with E-state index in [9.17, 15) is 32.4 Å². The lowest BCUT2D eigenvalue weighted by Gasteiger charge is -2.41. The van der Waals surface area contributed by atoms with Crippen LogP contribution in [0.15, 0.2) is 30.3 Å².